The highest BCUT2D eigenvalue weighted by Crippen LogP contribution is 2.30. The monoisotopic (exact) mass is 501 g/mol. The van der Waals surface area contributed by atoms with E-state index in [-0.39, 0.29) is 23.3 Å². The van der Waals surface area contributed by atoms with E-state index < -0.39 is 11.6 Å². The Hall–Kier alpha value is -3.48. The molecule has 3 aromatic rings. The van der Waals surface area contributed by atoms with Gasteiger partial charge in [-0.1, -0.05) is 62.0 Å². The molecule has 1 unspecified atom stereocenters. The molecule has 192 valence electrons. The Kier molecular flexibility index (Phi) is 9.09. The molecule has 37 heavy (non-hydrogen) atoms. The van der Waals surface area contributed by atoms with E-state index in [2.05, 4.69) is 40.4 Å². The molecule has 2 N–H and O–H groups in total. The van der Waals surface area contributed by atoms with E-state index in [9.17, 15) is 13.6 Å². The quantitative estimate of drug-likeness (QED) is 0.316. The van der Waals surface area contributed by atoms with E-state index >= 15 is 0 Å². The molecule has 4 nitrogen and oxygen atoms in total. The molecule has 1 aliphatic carbocycles. The fraction of sp³-hybridized carbons (Fsp3) is 0.290. The van der Waals surface area contributed by atoms with Crippen LogP contribution in [0.5, 0.6) is 0 Å². The summed E-state index contributed by atoms with van der Waals surface area (Å²) >= 11 is 0. The maximum atomic E-state index is 14.2. The minimum Gasteiger partial charge on any atom is -0.311 e. The van der Waals surface area contributed by atoms with Crippen molar-refractivity contribution in [3.63, 3.8) is 0 Å². The van der Waals surface area contributed by atoms with Gasteiger partial charge in [0, 0.05) is 42.9 Å². The number of carbonyl (C=O) groups is 1. The number of Topliss-reactive ketones (excluding diaryl/α,β-unsaturated/α-hetero) is 1. The van der Waals surface area contributed by atoms with Gasteiger partial charge >= 0.3 is 0 Å². The first-order valence-electron chi connectivity index (χ1n) is 12.8. The lowest BCUT2D eigenvalue weighted by atomic mass is 9.89. The van der Waals surface area contributed by atoms with Crippen LogP contribution in [0.25, 0.3) is 11.1 Å². The SMILES string of the molecule is C=C(C(=O)Cc1cccc(F)c1F)c1cc(C2=CCC(NCc3ccccc3)CC2)cnc1CNCC. The third kappa shape index (κ3) is 6.85. The maximum absolute atomic E-state index is 14.2. The second-order valence-electron chi connectivity index (χ2n) is 9.36. The van der Waals surface area contributed by atoms with E-state index in [0.29, 0.717) is 23.8 Å². The summed E-state index contributed by atoms with van der Waals surface area (Å²) in [5.41, 5.74) is 5.05. The Morgan fingerprint density at radius 2 is 1.92 bits per heavy atom. The van der Waals surface area contributed by atoms with Crippen LogP contribution in [0.4, 0.5) is 8.78 Å². The van der Waals surface area contributed by atoms with Gasteiger partial charge in [-0.05, 0) is 60.2 Å². The number of pyridine rings is 1. The van der Waals surface area contributed by atoms with Crippen molar-refractivity contribution in [3.05, 3.63) is 113 Å². The van der Waals surface area contributed by atoms with Gasteiger partial charge in [0.2, 0.25) is 0 Å². The normalized spacial score (nSPS) is 15.3. The molecule has 6 heteroatoms. The Bertz CT molecular complexity index is 1290. The van der Waals surface area contributed by atoms with E-state index in [0.717, 1.165) is 44.0 Å². The minimum atomic E-state index is -0.994. The van der Waals surface area contributed by atoms with Gasteiger partial charge in [0.1, 0.15) is 0 Å². The van der Waals surface area contributed by atoms with Crippen LogP contribution in [0.15, 0.2) is 73.4 Å². The zero-order valence-corrected chi connectivity index (χ0v) is 21.2. The molecule has 0 bridgehead atoms. The molecule has 0 saturated heterocycles. The Balaban J connectivity index is 1.49. The summed E-state index contributed by atoms with van der Waals surface area (Å²) in [4.78, 5) is 17.7. The fourth-order valence-corrected chi connectivity index (χ4v) is 4.57. The lowest BCUT2D eigenvalue weighted by molar-refractivity contribution is -0.113. The van der Waals surface area contributed by atoms with Gasteiger partial charge in [0.15, 0.2) is 17.4 Å². The van der Waals surface area contributed by atoms with Gasteiger partial charge < -0.3 is 10.6 Å². The van der Waals surface area contributed by atoms with Crippen LogP contribution in [0.1, 0.15) is 54.1 Å². The third-order valence-electron chi connectivity index (χ3n) is 6.78. The van der Waals surface area contributed by atoms with Gasteiger partial charge in [0.05, 0.1) is 5.69 Å². The number of allylic oxidation sites excluding steroid dienone is 2. The number of carbonyl (C=O) groups excluding carboxylic acids is 1. The standard InChI is InChI=1S/C31H33F2N3O/c1-3-34-20-29-27(21(2)30(37)17-24-10-7-11-28(32)31(24)33)16-25(19-36-29)23-12-14-26(15-13-23)35-18-22-8-5-4-6-9-22/h4-12,16,19,26,34-35H,2-3,13-15,17-18,20H2,1H3. The van der Waals surface area contributed by atoms with Crippen molar-refractivity contribution in [2.24, 2.45) is 0 Å². The van der Waals surface area contributed by atoms with Crippen molar-refractivity contribution >= 4 is 16.9 Å². The zero-order valence-electron chi connectivity index (χ0n) is 21.2. The maximum Gasteiger partial charge on any atom is 0.167 e. The number of halogens is 2. The number of benzene rings is 2. The van der Waals surface area contributed by atoms with Gasteiger partial charge in [-0.2, -0.15) is 0 Å². The molecule has 0 spiro atoms. The summed E-state index contributed by atoms with van der Waals surface area (Å²) in [7, 11) is 0. The number of hydrogen-bond acceptors (Lipinski definition) is 4. The third-order valence-corrected chi connectivity index (χ3v) is 6.78. The lowest BCUT2D eigenvalue weighted by Gasteiger charge is -2.24. The summed E-state index contributed by atoms with van der Waals surface area (Å²) in [5.74, 6) is -2.32. The predicted octanol–water partition coefficient (Wildman–Crippen LogP) is 6.02. The van der Waals surface area contributed by atoms with E-state index in [1.165, 1.54) is 23.3 Å². The Labute approximate surface area is 217 Å². The molecule has 0 aliphatic heterocycles. The topological polar surface area (TPSA) is 54.0 Å². The van der Waals surface area contributed by atoms with E-state index in [1.54, 1.807) is 0 Å². The van der Waals surface area contributed by atoms with Gasteiger partial charge in [-0.15, -0.1) is 0 Å². The highest BCUT2D eigenvalue weighted by Gasteiger charge is 2.21. The molecule has 0 saturated carbocycles. The van der Waals surface area contributed by atoms with Crippen molar-refractivity contribution in [3.8, 4) is 0 Å². The summed E-state index contributed by atoms with van der Waals surface area (Å²) < 4.78 is 27.8. The average Bonchev–Trinajstić information content (AvgIpc) is 2.93. The van der Waals surface area contributed by atoms with Crippen LogP contribution in [-0.4, -0.2) is 23.4 Å². The zero-order chi connectivity index (χ0) is 26.2. The number of hydrogen-bond donors (Lipinski definition) is 2. The molecule has 0 radical (unpaired) electrons. The number of nitrogens with one attached hydrogen (secondary N) is 2. The highest BCUT2D eigenvalue weighted by molar-refractivity contribution is 6.21. The molecule has 2 aromatic carbocycles. The van der Waals surface area contributed by atoms with Crippen molar-refractivity contribution in [2.45, 2.75) is 51.7 Å². The van der Waals surface area contributed by atoms with E-state index in [4.69, 9.17) is 0 Å². The van der Waals surface area contributed by atoms with Crippen LogP contribution in [-0.2, 0) is 24.3 Å². The van der Waals surface area contributed by atoms with Crippen LogP contribution in [0, 0.1) is 11.6 Å². The molecular weight excluding hydrogens is 468 g/mol. The molecule has 4 rings (SSSR count). The Morgan fingerprint density at radius 1 is 1.11 bits per heavy atom. The lowest BCUT2D eigenvalue weighted by Crippen LogP contribution is -2.29. The largest absolute Gasteiger partial charge is 0.311 e. The number of aromatic nitrogens is 1. The Morgan fingerprint density at radius 3 is 2.65 bits per heavy atom. The van der Waals surface area contributed by atoms with E-state index in [1.807, 2.05) is 37.4 Å². The second-order valence-corrected chi connectivity index (χ2v) is 9.36. The molecule has 1 atom stereocenters. The van der Waals surface area contributed by atoms with Crippen LogP contribution >= 0.6 is 0 Å². The summed E-state index contributed by atoms with van der Waals surface area (Å²) in [6, 6.07) is 16.6. The fourth-order valence-electron chi connectivity index (χ4n) is 4.57. The molecule has 0 amide bonds. The van der Waals surface area contributed by atoms with Crippen molar-refractivity contribution in [2.75, 3.05) is 6.54 Å². The van der Waals surface area contributed by atoms with Gasteiger partial charge in [-0.3, -0.25) is 9.78 Å². The first-order chi connectivity index (χ1) is 18.0. The highest BCUT2D eigenvalue weighted by atomic mass is 19.2. The summed E-state index contributed by atoms with van der Waals surface area (Å²) in [6.45, 7) is 8.10. The minimum absolute atomic E-state index is 0.0209. The van der Waals surface area contributed by atoms with Crippen molar-refractivity contribution < 1.29 is 13.6 Å². The smallest absolute Gasteiger partial charge is 0.167 e. The van der Waals surface area contributed by atoms with Crippen LogP contribution < -0.4 is 10.6 Å². The van der Waals surface area contributed by atoms with Crippen LogP contribution in [0.3, 0.4) is 0 Å². The predicted molar refractivity (Wildman–Crippen MR) is 145 cm³/mol. The second kappa shape index (κ2) is 12.7. The number of nitrogens with zero attached hydrogens (tertiary/aromatic N) is 1. The average molecular weight is 502 g/mol. The number of ketones is 1. The molecular formula is C31H33F2N3O. The first kappa shape index (κ1) is 26.6. The molecule has 0 fully saturated rings. The van der Waals surface area contributed by atoms with Crippen LogP contribution in [0.2, 0.25) is 0 Å². The molecule has 1 heterocycles. The van der Waals surface area contributed by atoms with Gasteiger partial charge in [-0.25, -0.2) is 8.78 Å². The molecule has 1 aliphatic rings. The van der Waals surface area contributed by atoms with Gasteiger partial charge in [0.25, 0.3) is 0 Å². The summed E-state index contributed by atoms with van der Waals surface area (Å²) in [5, 5.41) is 6.88. The number of rotatable bonds is 11. The summed E-state index contributed by atoms with van der Waals surface area (Å²) in [6.07, 6.45) is 6.65. The van der Waals surface area contributed by atoms with Crippen molar-refractivity contribution in [1.29, 1.82) is 0 Å². The first-order valence-corrected chi connectivity index (χ1v) is 12.8. The molecule has 1 aromatic heterocycles. The van der Waals surface area contributed by atoms with Crippen molar-refractivity contribution in [1.82, 2.24) is 15.6 Å².